The number of hydrogen-bond donors (Lipinski definition) is 1. The number of benzene rings is 1. The van der Waals surface area contributed by atoms with Gasteiger partial charge in [-0.25, -0.2) is 0 Å². The number of nitrogens with zero attached hydrogens (tertiary/aromatic N) is 1. The van der Waals surface area contributed by atoms with Gasteiger partial charge in [0.25, 0.3) is 11.5 Å². The van der Waals surface area contributed by atoms with E-state index in [9.17, 15) is 14.4 Å². The number of fused-ring (bicyclic) bond motifs is 2. The van der Waals surface area contributed by atoms with Crippen LogP contribution in [0.3, 0.4) is 0 Å². The van der Waals surface area contributed by atoms with Gasteiger partial charge in [0.15, 0.2) is 5.78 Å². The first kappa shape index (κ1) is 17.0. The smallest absolute Gasteiger partial charge is 0.261 e. The van der Waals surface area contributed by atoms with Crippen molar-refractivity contribution in [3.05, 3.63) is 67.6 Å². The highest BCUT2D eigenvalue weighted by molar-refractivity contribution is 6.30. The number of carbonyl (C=O) groups is 2. The summed E-state index contributed by atoms with van der Waals surface area (Å²) in [5.41, 5.74) is 2.50. The number of ketones is 1. The molecule has 0 fully saturated rings. The Labute approximate surface area is 156 Å². The molecule has 1 aromatic heterocycles. The monoisotopic (exact) mass is 370 g/mol. The van der Waals surface area contributed by atoms with Crippen LogP contribution < -0.4 is 5.56 Å². The van der Waals surface area contributed by atoms with E-state index in [4.69, 9.17) is 11.6 Å². The minimum atomic E-state index is -0.437. The van der Waals surface area contributed by atoms with Crippen LogP contribution in [0.25, 0.3) is 0 Å². The van der Waals surface area contributed by atoms with Crippen molar-refractivity contribution in [2.45, 2.75) is 39.8 Å². The highest BCUT2D eigenvalue weighted by Crippen LogP contribution is 2.34. The second-order valence-electron chi connectivity index (χ2n) is 7.92. The summed E-state index contributed by atoms with van der Waals surface area (Å²) < 4.78 is 0. The average Bonchev–Trinajstić information content (AvgIpc) is 2.95. The Morgan fingerprint density at radius 3 is 2.62 bits per heavy atom. The van der Waals surface area contributed by atoms with Crippen molar-refractivity contribution < 1.29 is 9.59 Å². The Kier molecular flexibility index (Phi) is 3.81. The van der Waals surface area contributed by atoms with E-state index < -0.39 is 5.56 Å². The molecule has 0 spiro atoms. The zero-order chi connectivity index (χ0) is 18.6. The number of pyridine rings is 1. The predicted octanol–water partition coefficient (Wildman–Crippen LogP) is 3.34. The topological polar surface area (TPSA) is 70.2 Å². The summed E-state index contributed by atoms with van der Waals surface area (Å²) in [6.45, 7) is 4.84. The third kappa shape index (κ3) is 2.86. The highest BCUT2D eigenvalue weighted by atomic mass is 35.5. The van der Waals surface area contributed by atoms with Crippen LogP contribution in [0, 0.1) is 5.41 Å². The van der Waals surface area contributed by atoms with Gasteiger partial charge in [0.1, 0.15) is 5.56 Å². The Bertz CT molecular complexity index is 1010. The third-order valence-electron chi connectivity index (χ3n) is 5.13. The molecular formula is C20H19ClN2O3. The summed E-state index contributed by atoms with van der Waals surface area (Å²) in [5, 5.41) is 0.623. The van der Waals surface area contributed by atoms with Crippen LogP contribution >= 0.6 is 11.6 Å². The fourth-order valence-corrected chi connectivity index (χ4v) is 4.06. The molecule has 0 saturated heterocycles. The van der Waals surface area contributed by atoms with E-state index >= 15 is 0 Å². The fourth-order valence-electron chi connectivity index (χ4n) is 3.86. The molecule has 0 atom stereocenters. The Balaban J connectivity index is 1.67. The van der Waals surface area contributed by atoms with Gasteiger partial charge in [-0.05, 0) is 41.2 Å². The number of nitrogens with one attached hydrogen (secondary N) is 1. The average molecular weight is 371 g/mol. The van der Waals surface area contributed by atoms with Gasteiger partial charge in [0.05, 0.1) is 0 Å². The minimum absolute atomic E-state index is 0.0238. The van der Waals surface area contributed by atoms with Crippen LogP contribution in [0.5, 0.6) is 0 Å². The van der Waals surface area contributed by atoms with Crippen molar-refractivity contribution in [2.75, 3.05) is 0 Å². The molecule has 5 nitrogen and oxygen atoms in total. The molecule has 2 aromatic rings. The quantitative estimate of drug-likeness (QED) is 0.836. The van der Waals surface area contributed by atoms with Gasteiger partial charge < -0.3 is 9.88 Å². The number of amides is 1. The first-order chi connectivity index (χ1) is 12.2. The highest BCUT2D eigenvalue weighted by Gasteiger charge is 2.34. The summed E-state index contributed by atoms with van der Waals surface area (Å²) in [6.07, 6.45) is 1.03. The van der Waals surface area contributed by atoms with E-state index in [0.29, 0.717) is 42.2 Å². The van der Waals surface area contributed by atoms with Crippen LogP contribution in [-0.4, -0.2) is 21.6 Å². The molecule has 6 heteroatoms. The number of halogens is 1. The molecular weight excluding hydrogens is 352 g/mol. The molecule has 0 saturated carbocycles. The molecule has 2 heterocycles. The molecule has 26 heavy (non-hydrogen) atoms. The van der Waals surface area contributed by atoms with Gasteiger partial charge in [0, 0.05) is 35.8 Å². The van der Waals surface area contributed by atoms with E-state index in [2.05, 4.69) is 4.98 Å². The fraction of sp³-hybridized carbons (Fsp3) is 0.350. The SMILES string of the molecule is CC1(C)CC(=O)c2cc(C(=O)N3Cc4ccc(Cl)cc4C3)c(=O)[nH]c2C1. The number of hydrogen-bond acceptors (Lipinski definition) is 3. The molecule has 1 N–H and O–H groups in total. The number of carbonyl (C=O) groups excluding carboxylic acids is 2. The number of aromatic amines is 1. The number of H-pyrrole nitrogens is 1. The van der Waals surface area contributed by atoms with Crippen molar-refractivity contribution in [2.24, 2.45) is 5.41 Å². The molecule has 1 aliphatic heterocycles. The summed E-state index contributed by atoms with van der Waals surface area (Å²) in [7, 11) is 0. The van der Waals surface area contributed by atoms with Crippen LogP contribution in [0.15, 0.2) is 29.1 Å². The molecule has 2 aliphatic rings. The first-order valence-electron chi connectivity index (χ1n) is 8.59. The van der Waals surface area contributed by atoms with E-state index in [-0.39, 0.29) is 22.7 Å². The largest absolute Gasteiger partial charge is 0.330 e. The Morgan fingerprint density at radius 1 is 1.12 bits per heavy atom. The van der Waals surface area contributed by atoms with E-state index in [1.54, 1.807) is 11.0 Å². The van der Waals surface area contributed by atoms with Gasteiger partial charge in [-0.2, -0.15) is 0 Å². The van der Waals surface area contributed by atoms with E-state index in [0.717, 1.165) is 11.1 Å². The summed E-state index contributed by atoms with van der Waals surface area (Å²) >= 11 is 6.02. The van der Waals surface area contributed by atoms with Gasteiger partial charge in [-0.1, -0.05) is 31.5 Å². The Hall–Kier alpha value is -2.40. The van der Waals surface area contributed by atoms with Crippen LogP contribution in [0.1, 0.15) is 57.8 Å². The maximum Gasteiger partial charge on any atom is 0.261 e. The lowest BCUT2D eigenvalue weighted by atomic mass is 9.75. The van der Waals surface area contributed by atoms with Crippen LogP contribution in [0.4, 0.5) is 0 Å². The molecule has 0 unspecified atom stereocenters. The number of rotatable bonds is 1. The van der Waals surface area contributed by atoms with Gasteiger partial charge in [-0.3, -0.25) is 14.4 Å². The molecule has 134 valence electrons. The Morgan fingerprint density at radius 2 is 1.85 bits per heavy atom. The van der Waals surface area contributed by atoms with Crippen molar-refractivity contribution in [3.8, 4) is 0 Å². The maximum absolute atomic E-state index is 12.9. The zero-order valence-electron chi connectivity index (χ0n) is 14.7. The van der Waals surface area contributed by atoms with Crippen molar-refractivity contribution in [1.29, 1.82) is 0 Å². The molecule has 0 bridgehead atoms. The summed E-state index contributed by atoms with van der Waals surface area (Å²) in [5.74, 6) is -0.392. The first-order valence-corrected chi connectivity index (χ1v) is 8.97. The van der Waals surface area contributed by atoms with E-state index in [1.165, 1.54) is 6.07 Å². The second-order valence-corrected chi connectivity index (χ2v) is 8.36. The van der Waals surface area contributed by atoms with E-state index in [1.807, 2.05) is 26.0 Å². The van der Waals surface area contributed by atoms with Gasteiger partial charge >= 0.3 is 0 Å². The molecule has 1 aliphatic carbocycles. The number of Topliss-reactive ketones (excluding diaryl/α,β-unsaturated/α-hetero) is 1. The molecule has 4 rings (SSSR count). The molecule has 1 amide bonds. The van der Waals surface area contributed by atoms with Crippen LogP contribution in [0.2, 0.25) is 5.02 Å². The lowest BCUT2D eigenvalue weighted by molar-refractivity contribution is 0.0749. The van der Waals surface area contributed by atoms with Gasteiger partial charge in [0.2, 0.25) is 0 Å². The number of aromatic nitrogens is 1. The minimum Gasteiger partial charge on any atom is -0.330 e. The third-order valence-corrected chi connectivity index (χ3v) is 5.36. The lowest BCUT2D eigenvalue weighted by Gasteiger charge is -2.30. The second kappa shape index (κ2) is 5.81. The molecule has 0 radical (unpaired) electrons. The normalized spacial score (nSPS) is 17.8. The predicted molar refractivity (Wildman–Crippen MR) is 98.5 cm³/mol. The maximum atomic E-state index is 12.9. The van der Waals surface area contributed by atoms with Crippen molar-refractivity contribution in [3.63, 3.8) is 0 Å². The van der Waals surface area contributed by atoms with Crippen molar-refractivity contribution >= 4 is 23.3 Å². The summed E-state index contributed by atoms with van der Waals surface area (Å²) in [6, 6.07) is 7.00. The molecule has 1 aromatic carbocycles. The lowest BCUT2D eigenvalue weighted by Crippen LogP contribution is -2.35. The zero-order valence-corrected chi connectivity index (χ0v) is 15.4. The summed E-state index contributed by atoms with van der Waals surface area (Å²) in [4.78, 5) is 42.2. The standard InChI is InChI=1S/C20H19ClN2O3/c1-20(2)7-16-14(17(24)8-20)6-15(18(25)22-16)19(26)23-9-11-3-4-13(21)5-12(11)10-23/h3-6H,7-10H2,1-2H3,(H,22,25). The van der Waals surface area contributed by atoms with Crippen LogP contribution in [-0.2, 0) is 19.5 Å². The van der Waals surface area contributed by atoms with Gasteiger partial charge in [-0.15, -0.1) is 0 Å². The van der Waals surface area contributed by atoms with Crippen molar-refractivity contribution in [1.82, 2.24) is 9.88 Å².